The quantitative estimate of drug-likeness (QED) is 0.755. The lowest BCUT2D eigenvalue weighted by atomic mass is 10.3. The molecule has 2 N–H and O–H groups in total. The van der Waals surface area contributed by atoms with Gasteiger partial charge in [-0.3, -0.25) is 0 Å². The molecule has 0 radical (unpaired) electrons. The number of hydrogen-bond donors (Lipinski definition) is 1. The van der Waals surface area contributed by atoms with E-state index in [-0.39, 0.29) is 6.04 Å². The molecule has 1 aliphatic rings. The Morgan fingerprint density at radius 2 is 2.08 bits per heavy atom. The summed E-state index contributed by atoms with van der Waals surface area (Å²) in [6.07, 6.45) is 2.54. The molecule has 0 amide bonds. The van der Waals surface area contributed by atoms with Crippen LogP contribution in [0.25, 0.3) is 0 Å². The monoisotopic (exact) mass is 180 g/mol. The van der Waals surface area contributed by atoms with E-state index in [1.54, 1.807) is 0 Å². The van der Waals surface area contributed by atoms with Gasteiger partial charge in [-0.05, 0) is 25.8 Å². The van der Waals surface area contributed by atoms with Crippen molar-refractivity contribution in [2.45, 2.75) is 25.8 Å². The third kappa shape index (κ3) is 1.70. The molecule has 0 aliphatic carbocycles. The zero-order chi connectivity index (χ0) is 9.26. The van der Waals surface area contributed by atoms with Gasteiger partial charge in [0.25, 0.3) is 0 Å². The second kappa shape index (κ2) is 3.42. The summed E-state index contributed by atoms with van der Waals surface area (Å²) in [5.41, 5.74) is 5.71. The van der Waals surface area contributed by atoms with Crippen LogP contribution < -0.4 is 10.6 Å². The lowest BCUT2D eigenvalue weighted by Crippen LogP contribution is -2.16. The first kappa shape index (κ1) is 8.63. The molecule has 1 fully saturated rings. The SMILES string of the molecule is C[C@H](N)c1ccc(N2CCCC2)o1. The van der Waals surface area contributed by atoms with Gasteiger partial charge < -0.3 is 15.1 Å². The standard InChI is InChI=1S/C10H16N2O/c1-8(11)9-4-5-10(13-9)12-6-2-3-7-12/h4-5,8H,2-3,6-7,11H2,1H3/t8-/m0/s1. The van der Waals surface area contributed by atoms with Crippen molar-refractivity contribution in [2.75, 3.05) is 18.0 Å². The maximum absolute atomic E-state index is 5.71. The lowest BCUT2D eigenvalue weighted by Gasteiger charge is -2.13. The number of nitrogens with zero attached hydrogens (tertiary/aromatic N) is 1. The van der Waals surface area contributed by atoms with Crippen LogP contribution in [0.5, 0.6) is 0 Å². The highest BCUT2D eigenvalue weighted by molar-refractivity contribution is 5.37. The molecule has 0 spiro atoms. The molecule has 0 saturated carbocycles. The van der Waals surface area contributed by atoms with E-state index in [1.165, 1.54) is 12.8 Å². The Hall–Kier alpha value is -0.960. The summed E-state index contributed by atoms with van der Waals surface area (Å²) < 4.78 is 5.63. The zero-order valence-corrected chi connectivity index (χ0v) is 7.99. The number of anilines is 1. The van der Waals surface area contributed by atoms with Gasteiger partial charge in [0.15, 0.2) is 5.88 Å². The Bertz CT molecular complexity index is 274. The average Bonchev–Trinajstić information content (AvgIpc) is 2.75. The minimum Gasteiger partial charge on any atom is -0.444 e. The second-order valence-corrected chi connectivity index (χ2v) is 3.66. The van der Waals surface area contributed by atoms with Crippen molar-refractivity contribution >= 4 is 5.88 Å². The van der Waals surface area contributed by atoms with Crippen LogP contribution >= 0.6 is 0 Å². The highest BCUT2D eigenvalue weighted by atomic mass is 16.4. The van der Waals surface area contributed by atoms with Gasteiger partial charge in [-0.15, -0.1) is 0 Å². The predicted molar refractivity (Wildman–Crippen MR) is 52.8 cm³/mol. The fourth-order valence-corrected chi connectivity index (χ4v) is 1.69. The molecule has 1 aliphatic heterocycles. The fraction of sp³-hybridized carbons (Fsp3) is 0.600. The molecule has 0 unspecified atom stereocenters. The number of furan rings is 1. The first-order valence-electron chi connectivity index (χ1n) is 4.87. The highest BCUT2D eigenvalue weighted by Gasteiger charge is 2.16. The number of rotatable bonds is 2. The van der Waals surface area contributed by atoms with Crippen LogP contribution in [0.15, 0.2) is 16.5 Å². The second-order valence-electron chi connectivity index (χ2n) is 3.66. The average molecular weight is 180 g/mol. The molecule has 0 aromatic carbocycles. The van der Waals surface area contributed by atoms with Gasteiger partial charge in [0.05, 0.1) is 6.04 Å². The van der Waals surface area contributed by atoms with Crippen molar-refractivity contribution in [3.05, 3.63) is 17.9 Å². The van der Waals surface area contributed by atoms with Crippen LogP contribution in [-0.4, -0.2) is 13.1 Å². The van der Waals surface area contributed by atoms with Gasteiger partial charge in [0, 0.05) is 19.2 Å². The van der Waals surface area contributed by atoms with E-state index in [9.17, 15) is 0 Å². The minimum absolute atomic E-state index is 0.00338. The summed E-state index contributed by atoms with van der Waals surface area (Å²) in [5, 5.41) is 0. The number of hydrogen-bond acceptors (Lipinski definition) is 3. The van der Waals surface area contributed by atoms with E-state index < -0.39 is 0 Å². The van der Waals surface area contributed by atoms with Crippen LogP contribution in [0.1, 0.15) is 31.6 Å². The van der Waals surface area contributed by atoms with Crippen LogP contribution in [0.4, 0.5) is 5.88 Å². The van der Waals surface area contributed by atoms with Crippen molar-refractivity contribution < 1.29 is 4.42 Å². The van der Waals surface area contributed by atoms with E-state index in [2.05, 4.69) is 4.90 Å². The molecule has 13 heavy (non-hydrogen) atoms. The molecule has 1 saturated heterocycles. The molecule has 1 aromatic rings. The molecule has 1 aromatic heterocycles. The molecule has 2 rings (SSSR count). The van der Waals surface area contributed by atoms with Gasteiger partial charge >= 0.3 is 0 Å². The Morgan fingerprint density at radius 3 is 2.62 bits per heavy atom. The minimum atomic E-state index is -0.00338. The third-order valence-electron chi connectivity index (χ3n) is 2.48. The fourth-order valence-electron chi connectivity index (χ4n) is 1.69. The first-order valence-corrected chi connectivity index (χ1v) is 4.87. The molecular formula is C10H16N2O. The van der Waals surface area contributed by atoms with E-state index >= 15 is 0 Å². The van der Waals surface area contributed by atoms with Crippen LogP contribution in [0.3, 0.4) is 0 Å². The van der Waals surface area contributed by atoms with Crippen molar-refractivity contribution in [1.82, 2.24) is 0 Å². The molecule has 1 atom stereocenters. The van der Waals surface area contributed by atoms with E-state index in [0.717, 1.165) is 24.7 Å². The molecule has 72 valence electrons. The molecule has 3 heteroatoms. The number of nitrogens with two attached hydrogens (primary N) is 1. The summed E-state index contributed by atoms with van der Waals surface area (Å²) in [6.45, 7) is 4.17. The summed E-state index contributed by atoms with van der Waals surface area (Å²) in [7, 11) is 0. The van der Waals surface area contributed by atoms with Crippen LogP contribution in [0.2, 0.25) is 0 Å². The predicted octanol–water partition coefficient (Wildman–Crippen LogP) is 1.90. The molecule has 2 heterocycles. The molecular weight excluding hydrogens is 164 g/mol. The Morgan fingerprint density at radius 1 is 1.38 bits per heavy atom. The van der Waals surface area contributed by atoms with Crippen molar-refractivity contribution in [3.63, 3.8) is 0 Å². The smallest absolute Gasteiger partial charge is 0.195 e. The van der Waals surface area contributed by atoms with Crippen molar-refractivity contribution in [2.24, 2.45) is 5.73 Å². The van der Waals surface area contributed by atoms with Gasteiger partial charge in [-0.1, -0.05) is 0 Å². The third-order valence-corrected chi connectivity index (χ3v) is 2.48. The largest absolute Gasteiger partial charge is 0.444 e. The van der Waals surface area contributed by atoms with Crippen LogP contribution in [0, 0.1) is 0 Å². The summed E-state index contributed by atoms with van der Waals surface area (Å²) in [5.74, 6) is 1.85. The normalized spacial score (nSPS) is 19.4. The topological polar surface area (TPSA) is 42.4 Å². The van der Waals surface area contributed by atoms with E-state index in [0.29, 0.717) is 0 Å². The van der Waals surface area contributed by atoms with E-state index in [1.807, 2.05) is 19.1 Å². The molecule has 0 bridgehead atoms. The van der Waals surface area contributed by atoms with E-state index in [4.69, 9.17) is 10.2 Å². The maximum Gasteiger partial charge on any atom is 0.195 e. The van der Waals surface area contributed by atoms with Gasteiger partial charge in [0.1, 0.15) is 5.76 Å². The highest BCUT2D eigenvalue weighted by Crippen LogP contribution is 2.24. The Balaban J connectivity index is 2.12. The Labute approximate surface area is 78.5 Å². The van der Waals surface area contributed by atoms with Crippen molar-refractivity contribution in [1.29, 1.82) is 0 Å². The van der Waals surface area contributed by atoms with Gasteiger partial charge in [-0.2, -0.15) is 0 Å². The van der Waals surface area contributed by atoms with Gasteiger partial charge in [-0.25, -0.2) is 0 Å². The Kier molecular flexibility index (Phi) is 2.27. The van der Waals surface area contributed by atoms with Crippen molar-refractivity contribution in [3.8, 4) is 0 Å². The van der Waals surface area contributed by atoms with Crippen LogP contribution in [-0.2, 0) is 0 Å². The molecule has 3 nitrogen and oxygen atoms in total. The summed E-state index contributed by atoms with van der Waals surface area (Å²) in [4.78, 5) is 2.27. The van der Waals surface area contributed by atoms with Gasteiger partial charge in [0.2, 0.25) is 0 Å². The summed E-state index contributed by atoms with van der Waals surface area (Å²) >= 11 is 0. The first-order chi connectivity index (χ1) is 6.27. The zero-order valence-electron chi connectivity index (χ0n) is 7.99. The maximum atomic E-state index is 5.71. The summed E-state index contributed by atoms with van der Waals surface area (Å²) in [6, 6.07) is 3.99. The lowest BCUT2D eigenvalue weighted by molar-refractivity contribution is 0.477.